The van der Waals surface area contributed by atoms with Gasteiger partial charge in [0.05, 0.1) is 10.7 Å². The van der Waals surface area contributed by atoms with Crippen LogP contribution in [0.4, 0.5) is 11.4 Å². The minimum Gasteiger partial charge on any atom is -0.483 e. The van der Waals surface area contributed by atoms with Crippen molar-refractivity contribution in [3.05, 3.63) is 95.0 Å². The highest BCUT2D eigenvalue weighted by Gasteiger charge is 2.12. The standard InChI is InChI=1S/C24H18ClN3O3/c25-20-11-5-6-12-21(20)28-23(29)16-31-22-13-7-4-8-17(22)14-18(15-26)24(30)27-19-9-2-1-3-10-19/h1-14H,16H2,(H,27,30)(H,28,29)/b18-14+. The van der Waals surface area contributed by atoms with Crippen LogP contribution in [-0.2, 0) is 9.59 Å². The topological polar surface area (TPSA) is 91.2 Å². The monoisotopic (exact) mass is 431 g/mol. The number of benzene rings is 3. The van der Waals surface area contributed by atoms with Gasteiger partial charge < -0.3 is 15.4 Å². The van der Waals surface area contributed by atoms with Crippen molar-refractivity contribution in [3.63, 3.8) is 0 Å². The van der Waals surface area contributed by atoms with E-state index in [4.69, 9.17) is 16.3 Å². The van der Waals surface area contributed by atoms with Gasteiger partial charge in [0.15, 0.2) is 6.61 Å². The summed E-state index contributed by atoms with van der Waals surface area (Å²) < 4.78 is 5.61. The number of rotatable bonds is 7. The van der Waals surface area contributed by atoms with Crippen molar-refractivity contribution >= 4 is 40.9 Å². The summed E-state index contributed by atoms with van der Waals surface area (Å²) in [4.78, 5) is 24.7. The number of nitrogens with zero attached hydrogens (tertiary/aromatic N) is 1. The predicted octanol–water partition coefficient (Wildman–Crippen LogP) is 4.90. The van der Waals surface area contributed by atoms with Gasteiger partial charge in [-0.1, -0.05) is 60.1 Å². The summed E-state index contributed by atoms with van der Waals surface area (Å²) in [6, 6.07) is 24.4. The van der Waals surface area contributed by atoms with E-state index >= 15 is 0 Å². The highest BCUT2D eigenvalue weighted by atomic mass is 35.5. The summed E-state index contributed by atoms with van der Waals surface area (Å²) in [5, 5.41) is 15.2. The number of nitriles is 1. The molecule has 0 aliphatic heterocycles. The van der Waals surface area contributed by atoms with Gasteiger partial charge in [-0.05, 0) is 36.4 Å². The molecule has 3 aromatic rings. The molecule has 2 N–H and O–H groups in total. The van der Waals surface area contributed by atoms with E-state index in [1.165, 1.54) is 6.08 Å². The van der Waals surface area contributed by atoms with E-state index in [1.54, 1.807) is 72.8 Å². The van der Waals surface area contributed by atoms with Gasteiger partial charge in [-0.3, -0.25) is 9.59 Å². The Bertz CT molecular complexity index is 1150. The van der Waals surface area contributed by atoms with Crippen LogP contribution in [0.2, 0.25) is 5.02 Å². The largest absolute Gasteiger partial charge is 0.483 e. The number of amides is 2. The van der Waals surface area contributed by atoms with Crippen LogP contribution >= 0.6 is 11.6 Å². The molecular weight excluding hydrogens is 414 g/mol. The second kappa shape index (κ2) is 10.6. The Labute approximate surface area is 184 Å². The van der Waals surface area contributed by atoms with E-state index in [9.17, 15) is 14.9 Å². The highest BCUT2D eigenvalue weighted by molar-refractivity contribution is 6.33. The average molecular weight is 432 g/mol. The first-order chi connectivity index (χ1) is 15.1. The van der Waals surface area contributed by atoms with Gasteiger partial charge in [-0.15, -0.1) is 0 Å². The molecule has 0 saturated carbocycles. The smallest absolute Gasteiger partial charge is 0.266 e. The Morgan fingerprint density at radius 3 is 2.35 bits per heavy atom. The number of halogens is 1. The molecule has 6 nitrogen and oxygen atoms in total. The molecular formula is C24H18ClN3O3. The molecule has 0 bridgehead atoms. The Morgan fingerprint density at radius 1 is 0.935 bits per heavy atom. The molecule has 0 aromatic heterocycles. The van der Waals surface area contributed by atoms with Crippen molar-refractivity contribution < 1.29 is 14.3 Å². The Hall–Kier alpha value is -4.08. The van der Waals surface area contributed by atoms with Crippen molar-refractivity contribution in [2.75, 3.05) is 17.2 Å². The second-order valence-electron chi connectivity index (χ2n) is 6.34. The summed E-state index contributed by atoms with van der Waals surface area (Å²) in [7, 11) is 0. The number of hydrogen-bond acceptors (Lipinski definition) is 4. The maximum absolute atomic E-state index is 12.4. The molecule has 2 amide bonds. The molecule has 0 spiro atoms. The minimum absolute atomic E-state index is 0.0968. The molecule has 0 heterocycles. The fourth-order valence-corrected chi connectivity index (χ4v) is 2.83. The number of hydrogen-bond donors (Lipinski definition) is 2. The summed E-state index contributed by atoms with van der Waals surface area (Å²) >= 11 is 6.04. The van der Waals surface area contributed by atoms with Gasteiger partial charge in [-0.25, -0.2) is 0 Å². The lowest BCUT2D eigenvalue weighted by atomic mass is 10.1. The van der Waals surface area contributed by atoms with Crippen LogP contribution in [0.15, 0.2) is 84.4 Å². The third-order valence-corrected chi connectivity index (χ3v) is 4.45. The molecule has 154 valence electrons. The summed E-state index contributed by atoms with van der Waals surface area (Å²) in [6.45, 7) is -0.270. The van der Waals surface area contributed by atoms with Gasteiger partial charge in [0, 0.05) is 11.3 Å². The zero-order valence-electron chi connectivity index (χ0n) is 16.3. The molecule has 0 unspecified atom stereocenters. The summed E-state index contributed by atoms with van der Waals surface area (Å²) in [5.74, 6) is -0.578. The molecule has 0 saturated heterocycles. The average Bonchev–Trinajstić information content (AvgIpc) is 2.79. The maximum atomic E-state index is 12.4. The predicted molar refractivity (Wildman–Crippen MR) is 121 cm³/mol. The van der Waals surface area contributed by atoms with Crippen LogP contribution in [0.3, 0.4) is 0 Å². The molecule has 3 rings (SSSR count). The van der Waals surface area contributed by atoms with Crippen molar-refractivity contribution in [3.8, 4) is 11.8 Å². The first-order valence-electron chi connectivity index (χ1n) is 9.31. The Kier molecular flexibility index (Phi) is 7.41. The lowest BCUT2D eigenvalue weighted by molar-refractivity contribution is -0.118. The third kappa shape index (κ3) is 6.20. The molecule has 0 radical (unpaired) electrons. The van der Waals surface area contributed by atoms with Gasteiger partial charge in [0.25, 0.3) is 11.8 Å². The van der Waals surface area contributed by atoms with Crippen molar-refractivity contribution in [1.82, 2.24) is 0 Å². The van der Waals surface area contributed by atoms with Crippen LogP contribution in [0.5, 0.6) is 5.75 Å². The lowest BCUT2D eigenvalue weighted by Gasteiger charge is -2.11. The van der Waals surface area contributed by atoms with Crippen LogP contribution in [0, 0.1) is 11.3 Å². The van der Waals surface area contributed by atoms with E-state index in [0.717, 1.165) is 0 Å². The number of para-hydroxylation sites is 3. The summed E-state index contributed by atoms with van der Waals surface area (Å²) in [5.41, 5.74) is 1.46. The first-order valence-corrected chi connectivity index (χ1v) is 9.69. The molecule has 0 fully saturated rings. The van der Waals surface area contributed by atoms with E-state index < -0.39 is 11.8 Å². The zero-order valence-corrected chi connectivity index (χ0v) is 17.1. The zero-order chi connectivity index (χ0) is 22.1. The van der Waals surface area contributed by atoms with Gasteiger partial charge in [0.1, 0.15) is 17.4 Å². The van der Waals surface area contributed by atoms with Crippen LogP contribution in [-0.4, -0.2) is 18.4 Å². The van der Waals surface area contributed by atoms with Crippen LogP contribution in [0.1, 0.15) is 5.56 Å². The second-order valence-corrected chi connectivity index (χ2v) is 6.75. The molecule has 0 aliphatic carbocycles. The number of anilines is 2. The van der Waals surface area contributed by atoms with Gasteiger partial charge >= 0.3 is 0 Å². The number of nitrogens with one attached hydrogen (secondary N) is 2. The van der Waals surface area contributed by atoms with Crippen molar-refractivity contribution in [2.24, 2.45) is 0 Å². The van der Waals surface area contributed by atoms with Crippen LogP contribution < -0.4 is 15.4 Å². The fourth-order valence-electron chi connectivity index (χ4n) is 2.65. The SMILES string of the molecule is N#C/C(=C\c1ccccc1OCC(=O)Nc1ccccc1Cl)C(=O)Nc1ccccc1. The summed E-state index contributed by atoms with van der Waals surface area (Å²) in [6.07, 6.45) is 1.42. The van der Waals surface area contributed by atoms with Crippen molar-refractivity contribution in [1.29, 1.82) is 5.26 Å². The quantitative estimate of drug-likeness (QED) is 0.411. The third-order valence-electron chi connectivity index (χ3n) is 4.12. The number of carbonyl (C=O) groups excluding carboxylic acids is 2. The van der Waals surface area contributed by atoms with Gasteiger partial charge in [0.2, 0.25) is 0 Å². The number of ether oxygens (including phenoxy) is 1. The molecule has 7 heteroatoms. The van der Waals surface area contributed by atoms with E-state index in [2.05, 4.69) is 10.6 Å². The minimum atomic E-state index is -0.542. The Morgan fingerprint density at radius 2 is 1.61 bits per heavy atom. The van der Waals surface area contributed by atoms with Crippen molar-refractivity contribution in [2.45, 2.75) is 0 Å². The first kappa shape index (κ1) is 21.6. The maximum Gasteiger partial charge on any atom is 0.266 e. The molecule has 0 atom stereocenters. The molecule has 3 aromatic carbocycles. The fraction of sp³-hybridized carbons (Fsp3) is 0.0417. The molecule has 31 heavy (non-hydrogen) atoms. The van der Waals surface area contributed by atoms with E-state index in [-0.39, 0.29) is 12.2 Å². The highest BCUT2D eigenvalue weighted by Crippen LogP contribution is 2.23. The normalized spacial score (nSPS) is 10.6. The van der Waals surface area contributed by atoms with E-state index in [0.29, 0.717) is 27.7 Å². The van der Waals surface area contributed by atoms with Gasteiger partial charge in [-0.2, -0.15) is 5.26 Å². The molecule has 0 aliphatic rings. The van der Waals surface area contributed by atoms with E-state index in [1.807, 2.05) is 12.1 Å². The Balaban J connectivity index is 1.70. The van der Waals surface area contributed by atoms with Crippen LogP contribution in [0.25, 0.3) is 6.08 Å². The lowest BCUT2D eigenvalue weighted by Crippen LogP contribution is -2.20. The number of carbonyl (C=O) groups is 2.